The first kappa shape index (κ1) is 30.1. The summed E-state index contributed by atoms with van der Waals surface area (Å²) in [6.45, 7) is 3.75. The first-order valence-electron chi connectivity index (χ1n) is 14.8. The molecule has 4 aromatic rings. The minimum Gasteiger partial charge on any atom is -0.380 e. The summed E-state index contributed by atoms with van der Waals surface area (Å²) in [5.74, 6) is -0.0146. The average Bonchev–Trinajstić information content (AvgIpc) is 3.35. The van der Waals surface area contributed by atoms with Crippen LogP contribution in [0.3, 0.4) is 0 Å². The largest absolute Gasteiger partial charge is 0.380 e. The molecule has 6 rings (SSSR count). The lowest BCUT2D eigenvalue weighted by molar-refractivity contribution is -0.0748. The van der Waals surface area contributed by atoms with Crippen LogP contribution in [-0.4, -0.2) is 123 Å². The predicted molar refractivity (Wildman–Crippen MR) is 172 cm³/mol. The predicted octanol–water partition coefficient (Wildman–Crippen LogP) is 4.10. The zero-order valence-electron chi connectivity index (χ0n) is 25.1. The Kier molecular flexibility index (Phi) is 8.78. The summed E-state index contributed by atoms with van der Waals surface area (Å²) in [5.41, 5.74) is 3.93. The fourth-order valence-electron chi connectivity index (χ4n) is 6.26. The SMILES string of the molecule is [B]C1CN(C)CC(COCP(=O)(N(C)C)N2CCN(C(=O)c3ccc(-n4c5ccccc5c5ccccc54)cc3)CC2)O1. The van der Waals surface area contributed by atoms with Gasteiger partial charge in [0.25, 0.3) is 5.91 Å². The number of carbonyl (C=O) groups is 1. The molecule has 9 nitrogen and oxygen atoms in total. The minimum absolute atomic E-state index is 0.0146. The van der Waals surface area contributed by atoms with E-state index in [0.717, 1.165) is 23.3 Å². The molecule has 11 heteroatoms. The smallest absolute Gasteiger partial charge is 0.253 e. The molecular formula is C32H39BN5O4P. The first-order chi connectivity index (χ1) is 20.7. The monoisotopic (exact) mass is 599 g/mol. The van der Waals surface area contributed by atoms with Gasteiger partial charge in [-0.3, -0.25) is 9.36 Å². The topological polar surface area (TPSA) is 70.5 Å². The van der Waals surface area contributed by atoms with E-state index in [4.69, 9.17) is 17.3 Å². The molecule has 0 saturated carbocycles. The van der Waals surface area contributed by atoms with Crippen molar-refractivity contribution in [3.05, 3.63) is 78.4 Å². The van der Waals surface area contributed by atoms with Crippen molar-refractivity contribution < 1.29 is 18.8 Å². The van der Waals surface area contributed by atoms with Gasteiger partial charge in [0.15, 0.2) is 0 Å². The molecule has 2 fully saturated rings. The number of carbonyl (C=O) groups excluding carboxylic acids is 1. The van der Waals surface area contributed by atoms with Crippen molar-refractivity contribution in [2.75, 3.05) is 73.4 Å². The van der Waals surface area contributed by atoms with Crippen LogP contribution in [0.5, 0.6) is 0 Å². The van der Waals surface area contributed by atoms with E-state index in [1.54, 1.807) is 4.67 Å². The van der Waals surface area contributed by atoms with Crippen LogP contribution in [-0.2, 0) is 14.0 Å². The number of ether oxygens (including phenoxy) is 2. The van der Waals surface area contributed by atoms with Crippen molar-refractivity contribution in [1.82, 2.24) is 23.7 Å². The fourth-order valence-corrected chi connectivity index (χ4v) is 8.30. The van der Waals surface area contributed by atoms with Crippen LogP contribution in [0, 0.1) is 0 Å². The second-order valence-electron chi connectivity index (χ2n) is 11.7. The van der Waals surface area contributed by atoms with Gasteiger partial charge in [0, 0.05) is 67.3 Å². The lowest BCUT2D eigenvalue weighted by Gasteiger charge is -2.41. The van der Waals surface area contributed by atoms with Gasteiger partial charge < -0.3 is 23.8 Å². The summed E-state index contributed by atoms with van der Waals surface area (Å²) < 4.78 is 31.8. The molecule has 2 aliphatic rings. The average molecular weight is 599 g/mol. The number of fused-ring (bicyclic) bond motifs is 3. The molecule has 0 spiro atoms. The summed E-state index contributed by atoms with van der Waals surface area (Å²) in [7, 11) is 8.64. The molecule has 224 valence electrons. The van der Waals surface area contributed by atoms with Crippen LogP contribution in [0.2, 0.25) is 0 Å². The number of rotatable bonds is 8. The van der Waals surface area contributed by atoms with E-state index in [1.165, 1.54) is 10.8 Å². The van der Waals surface area contributed by atoms with Crippen LogP contribution in [0.4, 0.5) is 0 Å². The van der Waals surface area contributed by atoms with Gasteiger partial charge in [-0.15, -0.1) is 0 Å². The first-order valence-corrected chi connectivity index (χ1v) is 16.6. The highest BCUT2D eigenvalue weighted by Crippen LogP contribution is 2.51. The third-order valence-corrected chi connectivity index (χ3v) is 11.6. The van der Waals surface area contributed by atoms with Crippen LogP contribution in [0.15, 0.2) is 72.8 Å². The molecule has 1 aromatic heterocycles. The van der Waals surface area contributed by atoms with Crippen molar-refractivity contribution >= 4 is 43.0 Å². The van der Waals surface area contributed by atoms with Crippen LogP contribution in [0.1, 0.15) is 10.4 Å². The number of para-hydroxylation sites is 2. The van der Waals surface area contributed by atoms with Gasteiger partial charge >= 0.3 is 0 Å². The Hall–Kier alpha value is -2.98. The summed E-state index contributed by atoms with van der Waals surface area (Å²) in [6.07, 6.45) is -0.0584. The van der Waals surface area contributed by atoms with E-state index in [1.807, 2.05) is 55.0 Å². The van der Waals surface area contributed by atoms with Crippen LogP contribution >= 0.6 is 7.44 Å². The quantitative estimate of drug-likeness (QED) is 0.223. The molecule has 3 atom stereocenters. The molecule has 3 aromatic carbocycles. The minimum atomic E-state index is -2.97. The van der Waals surface area contributed by atoms with Gasteiger partial charge in [-0.05, 0) is 57.5 Å². The zero-order valence-corrected chi connectivity index (χ0v) is 26.0. The van der Waals surface area contributed by atoms with Gasteiger partial charge in [-0.2, -0.15) is 0 Å². The molecule has 43 heavy (non-hydrogen) atoms. The maximum atomic E-state index is 14.1. The highest BCUT2D eigenvalue weighted by Gasteiger charge is 2.37. The molecule has 2 radical (unpaired) electrons. The van der Waals surface area contributed by atoms with E-state index >= 15 is 0 Å². The lowest BCUT2D eigenvalue weighted by Crippen LogP contribution is -2.49. The molecule has 2 saturated heterocycles. The highest BCUT2D eigenvalue weighted by atomic mass is 31.2. The third-order valence-electron chi connectivity index (χ3n) is 8.50. The summed E-state index contributed by atoms with van der Waals surface area (Å²) >= 11 is 0. The Labute approximate surface area is 254 Å². The maximum Gasteiger partial charge on any atom is 0.253 e. The molecule has 0 bridgehead atoms. The molecule has 2 aliphatic heterocycles. The van der Waals surface area contributed by atoms with Gasteiger partial charge in [-0.25, -0.2) is 9.34 Å². The highest BCUT2D eigenvalue weighted by molar-refractivity contribution is 7.58. The standard InChI is InChI=1S/C32H39BN5O4P/c1-34(2)43(40,23-41-22-26-20-35(3)21-31(33)42-26)37-18-16-36(17-19-37)32(39)24-12-14-25(15-13-24)38-29-10-6-4-8-27(29)28-9-5-7-11-30(28)38/h4-15,26,31H,16-23H2,1-3H3. The molecule has 3 unspecified atom stereocenters. The van der Waals surface area contributed by atoms with Gasteiger partial charge in [-0.1, -0.05) is 36.4 Å². The van der Waals surface area contributed by atoms with Gasteiger partial charge in [0.05, 0.1) is 23.7 Å². The Balaban J connectivity index is 1.10. The third kappa shape index (κ3) is 6.05. The molecular weight excluding hydrogens is 560 g/mol. The maximum absolute atomic E-state index is 14.1. The van der Waals surface area contributed by atoms with E-state index < -0.39 is 7.44 Å². The Morgan fingerprint density at radius 2 is 1.53 bits per heavy atom. The number of benzene rings is 3. The number of likely N-dealkylation sites (N-methyl/N-ethyl adjacent to an activating group) is 1. The van der Waals surface area contributed by atoms with Crippen molar-refractivity contribution in [3.8, 4) is 5.69 Å². The Morgan fingerprint density at radius 1 is 0.930 bits per heavy atom. The molecule has 1 amide bonds. The van der Waals surface area contributed by atoms with E-state index in [2.05, 4.69) is 58.0 Å². The number of amides is 1. The lowest BCUT2D eigenvalue weighted by atomic mass is 9.98. The number of morpholine rings is 1. The number of nitrogens with zero attached hydrogens (tertiary/aromatic N) is 5. The van der Waals surface area contributed by atoms with Crippen molar-refractivity contribution in [2.45, 2.75) is 12.1 Å². The van der Waals surface area contributed by atoms with Crippen molar-refractivity contribution in [3.63, 3.8) is 0 Å². The van der Waals surface area contributed by atoms with Crippen molar-refractivity contribution in [2.24, 2.45) is 0 Å². The van der Waals surface area contributed by atoms with Gasteiger partial charge in [0.1, 0.15) is 14.2 Å². The van der Waals surface area contributed by atoms with Crippen LogP contribution < -0.4 is 0 Å². The zero-order chi connectivity index (χ0) is 30.1. The van der Waals surface area contributed by atoms with Crippen molar-refractivity contribution in [1.29, 1.82) is 0 Å². The summed E-state index contributed by atoms with van der Waals surface area (Å²) in [5, 5.41) is 2.41. The number of hydrogen-bond acceptors (Lipinski definition) is 5. The van der Waals surface area contributed by atoms with E-state index in [0.29, 0.717) is 44.9 Å². The second kappa shape index (κ2) is 12.6. The summed E-state index contributed by atoms with van der Waals surface area (Å²) in [4.78, 5) is 17.4. The van der Waals surface area contributed by atoms with E-state index in [9.17, 15) is 9.36 Å². The fraction of sp³-hybridized carbons (Fsp3) is 0.406. The Morgan fingerprint density at radius 3 is 2.12 bits per heavy atom. The molecule has 0 N–H and O–H groups in total. The molecule has 0 aliphatic carbocycles. The second-order valence-corrected chi connectivity index (χ2v) is 14.6. The van der Waals surface area contributed by atoms with Crippen LogP contribution in [0.25, 0.3) is 27.5 Å². The van der Waals surface area contributed by atoms with Gasteiger partial charge in [0.2, 0.25) is 7.44 Å². The number of hydrogen-bond donors (Lipinski definition) is 0. The Bertz CT molecular complexity index is 1570. The normalized spacial score (nSPS) is 21.9. The number of piperazine rings is 1. The molecule has 3 heterocycles. The van der Waals surface area contributed by atoms with E-state index in [-0.39, 0.29) is 24.4 Å². The summed E-state index contributed by atoms with van der Waals surface area (Å²) in [6, 6.07) is 24.3. The number of aromatic nitrogens is 1.